The summed E-state index contributed by atoms with van der Waals surface area (Å²) in [5, 5.41) is 21.6. The third-order valence-corrected chi connectivity index (χ3v) is 1.70. The molecule has 1 unspecified atom stereocenters. The van der Waals surface area contributed by atoms with E-state index in [1.165, 1.54) is 0 Å². The molecule has 0 heterocycles. The van der Waals surface area contributed by atoms with Gasteiger partial charge in [0.15, 0.2) is 5.28 Å². The zero-order valence-electron chi connectivity index (χ0n) is 7.71. The van der Waals surface area contributed by atoms with Gasteiger partial charge in [-0.25, -0.2) is 0 Å². The van der Waals surface area contributed by atoms with Crippen LogP contribution in [0.25, 0.3) is 0 Å². The number of hydrogen-bond donors (Lipinski definition) is 1. The van der Waals surface area contributed by atoms with E-state index in [0.717, 1.165) is 5.56 Å². The van der Waals surface area contributed by atoms with Crippen LogP contribution < -0.4 is 0 Å². The molecule has 13 heavy (non-hydrogen) atoms. The van der Waals surface area contributed by atoms with Gasteiger partial charge < -0.3 is 10.4 Å². The van der Waals surface area contributed by atoms with Gasteiger partial charge in [0.2, 0.25) is 6.04 Å². The zero-order chi connectivity index (χ0) is 8.97. The zero-order valence-corrected chi connectivity index (χ0v) is 9.71. The van der Waals surface area contributed by atoms with Crippen LogP contribution in [0.5, 0.6) is 0 Å². The minimum Gasteiger partial charge on any atom is -0.597 e. The van der Waals surface area contributed by atoms with Crippen LogP contribution in [0.4, 0.5) is 0 Å². The van der Waals surface area contributed by atoms with E-state index in [1.54, 1.807) is 19.1 Å². The second-order valence-corrected chi connectivity index (χ2v) is 2.48. The van der Waals surface area contributed by atoms with Crippen molar-refractivity contribution in [1.29, 1.82) is 0 Å². The van der Waals surface area contributed by atoms with E-state index in [1.807, 2.05) is 18.2 Å². The molecular formula is C8H10N2NaO2. The van der Waals surface area contributed by atoms with Crippen molar-refractivity contribution in [2.75, 3.05) is 0 Å². The molecule has 0 spiro atoms. The quantitative estimate of drug-likeness (QED) is 0.333. The summed E-state index contributed by atoms with van der Waals surface area (Å²) in [7, 11) is 0. The van der Waals surface area contributed by atoms with E-state index in [2.05, 4.69) is 5.28 Å². The predicted molar refractivity (Wildman–Crippen MR) is 48.5 cm³/mol. The van der Waals surface area contributed by atoms with E-state index in [-0.39, 0.29) is 34.4 Å². The van der Waals surface area contributed by atoms with Gasteiger partial charge in [-0.15, -0.1) is 0 Å². The first-order valence-corrected chi connectivity index (χ1v) is 3.62. The molecule has 1 aromatic rings. The first-order chi connectivity index (χ1) is 5.75. The summed E-state index contributed by atoms with van der Waals surface area (Å²) in [4.78, 5) is 0.259. The van der Waals surface area contributed by atoms with E-state index >= 15 is 0 Å². The first-order valence-electron chi connectivity index (χ1n) is 3.62. The van der Waals surface area contributed by atoms with Gasteiger partial charge in [0.1, 0.15) is 0 Å². The van der Waals surface area contributed by atoms with Gasteiger partial charge in [0.25, 0.3) is 0 Å². The Kier molecular flexibility index (Phi) is 5.70. The second kappa shape index (κ2) is 5.96. The number of hydrogen-bond acceptors (Lipinski definition) is 2. The van der Waals surface area contributed by atoms with Gasteiger partial charge in [-0.3, -0.25) is 0 Å². The van der Waals surface area contributed by atoms with Gasteiger partial charge in [-0.2, -0.15) is 0 Å². The molecule has 5 heteroatoms. The van der Waals surface area contributed by atoms with E-state index < -0.39 is 6.04 Å². The summed E-state index contributed by atoms with van der Waals surface area (Å²) in [5.74, 6) is 0. The van der Waals surface area contributed by atoms with Crippen LogP contribution in [0.15, 0.2) is 35.6 Å². The Morgan fingerprint density at radius 3 is 2.38 bits per heavy atom. The molecule has 1 N–H and O–H groups in total. The van der Waals surface area contributed by atoms with E-state index in [0.29, 0.717) is 0 Å². The number of hydroxylamine groups is 1. The molecule has 1 aromatic carbocycles. The van der Waals surface area contributed by atoms with Crippen LogP contribution in [0.3, 0.4) is 0 Å². The maximum Gasteiger partial charge on any atom is 0.215 e. The maximum absolute atomic E-state index is 10.8. The Balaban J connectivity index is 0.00000144. The summed E-state index contributed by atoms with van der Waals surface area (Å²) in [6, 6.07) is 8.69. The van der Waals surface area contributed by atoms with Crippen LogP contribution in [-0.2, 0) is 0 Å². The molecule has 1 rings (SSSR count). The van der Waals surface area contributed by atoms with Crippen molar-refractivity contribution in [3.8, 4) is 0 Å². The van der Waals surface area contributed by atoms with Crippen LogP contribution in [0.2, 0.25) is 0 Å². The summed E-state index contributed by atoms with van der Waals surface area (Å²) >= 11 is 0. The van der Waals surface area contributed by atoms with Gasteiger partial charge >= 0.3 is 0 Å². The summed E-state index contributed by atoms with van der Waals surface area (Å²) < 4.78 is 0. The average molecular weight is 189 g/mol. The third kappa shape index (κ3) is 3.34. The minimum absolute atomic E-state index is 0. The maximum atomic E-state index is 10.8. The largest absolute Gasteiger partial charge is 0.597 e. The molecule has 1 radical (unpaired) electrons. The molecule has 0 aliphatic rings. The number of benzene rings is 1. The second-order valence-electron chi connectivity index (χ2n) is 2.48. The van der Waals surface area contributed by atoms with Crippen LogP contribution in [0.1, 0.15) is 18.5 Å². The summed E-state index contributed by atoms with van der Waals surface area (Å²) in [5.41, 5.74) is 0.824. The Hall–Kier alpha value is -0.580. The van der Waals surface area contributed by atoms with Crippen molar-refractivity contribution in [1.82, 2.24) is 0 Å². The van der Waals surface area contributed by atoms with Crippen LogP contribution in [-0.4, -0.2) is 39.6 Å². The molecule has 0 aliphatic carbocycles. The molecule has 0 aromatic heterocycles. The average Bonchev–Trinajstić information content (AvgIpc) is 2.17. The van der Waals surface area contributed by atoms with Crippen LogP contribution >= 0.6 is 0 Å². The predicted octanol–water partition coefficient (Wildman–Crippen LogP) is 1.72. The monoisotopic (exact) mass is 189 g/mol. The molecule has 0 aliphatic heterocycles. The molecule has 0 saturated carbocycles. The smallest absolute Gasteiger partial charge is 0.215 e. The van der Waals surface area contributed by atoms with Gasteiger partial charge in [-0.1, -0.05) is 30.3 Å². The number of nitrogens with zero attached hydrogens (tertiary/aromatic N) is 2. The number of rotatable bonds is 2. The van der Waals surface area contributed by atoms with Crippen molar-refractivity contribution >= 4 is 29.6 Å². The fourth-order valence-electron chi connectivity index (χ4n) is 0.937. The standard InChI is InChI=1S/C8H10N2O2.Na/c1-7(10(12)9-11)8-5-3-2-4-6-8;/h2-7,11H,1H3;/b10-9-;. The SMILES string of the molecule is CC(c1ccccc1)/[N+]([O-])=N/O.[Na]. The van der Waals surface area contributed by atoms with Crippen molar-refractivity contribution in [2.45, 2.75) is 13.0 Å². The summed E-state index contributed by atoms with van der Waals surface area (Å²) in [6.07, 6.45) is 0. The van der Waals surface area contributed by atoms with Crippen LogP contribution in [0, 0.1) is 5.21 Å². The Morgan fingerprint density at radius 2 is 1.92 bits per heavy atom. The molecular weight excluding hydrogens is 179 g/mol. The molecule has 4 nitrogen and oxygen atoms in total. The van der Waals surface area contributed by atoms with Crippen molar-refractivity contribution < 1.29 is 10.1 Å². The molecule has 65 valence electrons. The molecule has 0 fully saturated rings. The molecule has 0 amide bonds. The summed E-state index contributed by atoms with van der Waals surface area (Å²) in [6.45, 7) is 1.67. The Morgan fingerprint density at radius 1 is 1.38 bits per heavy atom. The topological polar surface area (TPSA) is 58.7 Å². The van der Waals surface area contributed by atoms with Gasteiger partial charge in [0, 0.05) is 42.0 Å². The van der Waals surface area contributed by atoms with Crippen molar-refractivity contribution in [3.05, 3.63) is 41.1 Å². The normalized spacial score (nSPS) is 13.2. The van der Waals surface area contributed by atoms with Gasteiger partial charge in [0.05, 0.1) is 0 Å². The van der Waals surface area contributed by atoms with E-state index in [9.17, 15) is 5.21 Å². The third-order valence-electron chi connectivity index (χ3n) is 1.70. The first kappa shape index (κ1) is 12.4. The van der Waals surface area contributed by atoms with Crippen molar-refractivity contribution in [2.24, 2.45) is 5.28 Å². The van der Waals surface area contributed by atoms with Gasteiger partial charge in [-0.05, 0) is 4.86 Å². The molecule has 0 saturated heterocycles. The molecule has 0 bridgehead atoms. The van der Waals surface area contributed by atoms with Crippen molar-refractivity contribution in [3.63, 3.8) is 0 Å². The molecule has 1 atom stereocenters. The Labute approximate surface area is 98.7 Å². The fourth-order valence-corrected chi connectivity index (χ4v) is 0.937. The fraction of sp³-hybridized carbons (Fsp3) is 0.250. The van der Waals surface area contributed by atoms with E-state index in [4.69, 9.17) is 5.21 Å². The minimum atomic E-state index is -0.448. The Bertz CT molecular complexity index is 277.